The summed E-state index contributed by atoms with van der Waals surface area (Å²) in [4.78, 5) is 2.30. The lowest BCUT2D eigenvalue weighted by Crippen LogP contribution is -2.27. The predicted molar refractivity (Wildman–Crippen MR) is 77.5 cm³/mol. The first-order chi connectivity index (χ1) is 9.19. The number of nitrogens with zero attached hydrogens (tertiary/aromatic N) is 1. The number of hydrogen-bond acceptors (Lipinski definition) is 3. The van der Waals surface area contributed by atoms with Gasteiger partial charge in [-0.25, -0.2) is 0 Å². The number of β-amino-alcohol motifs (C(OH)–C–C–N with tert-alkyl or cyclic N) is 1. The highest BCUT2D eigenvalue weighted by molar-refractivity contribution is 6.30. The Morgan fingerprint density at radius 3 is 3.11 bits per heavy atom. The molecule has 0 bridgehead atoms. The van der Waals surface area contributed by atoms with Crippen molar-refractivity contribution in [1.29, 1.82) is 0 Å². The van der Waals surface area contributed by atoms with Crippen molar-refractivity contribution in [3.05, 3.63) is 34.9 Å². The Labute approximate surface area is 120 Å². The highest BCUT2D eigenvalue weighted by atomic mass is 35.5. The van der Waals surface area contributed by atoms with Gasteiger partial charge < -0.3 is 14.7 Å². The van der Waals surface area contributed by atoms with Crippen molar-refractivity contribution in [1.82, 2.24) is 4.90 Å². The van der Waals surface area contributed by atoms with Crippen molar-refractivity contribution < 1.29 is 9.84 Å². The first-order valence-corrected chi connectivity index (χ1v) is 7.30. The Morgan fingerprint density at radius 1 is 1.53 bits per heavy atom. The average molecular weight is 284 g/mol. The molecule has 3 nitrogen and oxygen atoms in total. The molecule has 2 unspecified atom stereocenters. The lowest BCUT2D eigenvalue weighted by Gasteiger charge is -2.20. The fraction of sp³-hybridized carbons (Fsp3) is 0.600. The largest absolute Gasteiger partial charge is 0.387 e. The maximum absolute atomic E-state index is 10.2. The zero-order valence-electron chi connectivity index (χ0n) is 11.4. The third-order valence-electron chi connectivity index (χ3n) is 3.59. The lowest BCUT2D eigenvalue weighted by molar-refractivity contribution is 0.100. The van der Waals surface area contributed by atoms with Gasteiger partial charge in [0.25, 0.3) is 0 Å². The number of rotatable bonds is 6. The fourth-order valence-electron chi connectivity index (χ4n) is 2.56. The van der Waals surface area contributed by atoms with Crippen molar-refractivity contribution in [2.24, 2.45) is 5.92 Å². The SMILES string of the molecule is CCOCC1CCN(CC(O)c2cccc(Cl)c2)C1. The molecule has 1 aromatic carbocycles. The van der Waals surface area contributed by atoms with Gasteiger partial charge in [-0.3, -0.25) is 0 Å². The van der Waals surface area contributed by atoms with Crippen LogP contribution in [-0.2, 0) is 4.74 Å². The van der Waals surface area contributed by atoms with Crippen molar-refractivity contribution >= 4 is 11.6 Å². The molecule has 1 aromatic rings. The number of halogens is 1. The molecule has 1 heterocycles. The van der Waals surface area contributed by atoms with Gasteiger partial charge in [0.05, 0.1) is 12.7 Å². The molecule has 0 aromatic heterocycles. The summed E-state index contributed by atoms with van der Waals surface area (Å²) < 4.78 is 5.46. The molecule has 0 aliphatic carbocycles. The summed E-state index contributed by atoms with van der Waals surface area (Å²) in [6.07, 6.45) is 0.687. The number of aliphatic hydroxyl groups excluding tert-OH is 1. The Kier molecular flexibility index (Phi) is 5.64. The summed E-state index contributed by atoms with van der Waals surface area (Å²) in [7, 11) is 0. The maximum Gasteiger partial charge on any atom is 0.0917 e. The second-order valence-corrected chi connectivity index (χ2v) is 5.58. The summed E-state index contributed by atoms with van der Waals surface area (Å²) in [6.45, 7) is 6.35. The molecular weight excluding hydrogens is 262 g/mol. The van der Waals surface area contributed by atoms with Crippen LogP contribution in [0.1, 0.15) is 25.0 Å². The van der Waals surface area contributed by atoms with Gasteiger partial charge in [0.15, 0.2) is 0 Å². The van der Waals surface area contributed by atoms with E-state index in [1.807, 2.05) is 31.2 Å². The molecule has 106 valence electrons. The molecule has 0 saturated carbocycles. The van der Waals surface area contributed by atoms with Gasteiger partial charge in [-0.2, -0.15) is 0 Å². The van der Waals surface area contributed by atoms with E-state index >= 15 is 0 Å². The molecule has 0 spiro atoms. The normalized spacial score (nSPS) is 21.7. The molecule has 1 aliphatic heterocycles. The Balaban J connectivity index is 1.82. The quantitative estimate of drug-likeness (QED) is 0.871. The van der Waals surface area contributed by atoms with E-state index in [0.717, 1.165) is 38.3 Å². The van der Waals surface area contributed by atoms with Crippen LogP contribution in [0.15, 0.2) is 24.3 Å². The van der Waals surface area contributed by atoms with Crippen molar-refractivity contribution in [3.63, 3.8) is 0 Å². The van der Waals surface area contributed by atoms with Crippen LogP contribution < -0.4 is 0 Å². The summed E-state index contributed by atoms with van der Waals surface area (Å²) in [5, 5.41) is 10.9. The van der Waals surface area contributed by atoms with Crippen LogP contribution in [0.5, 0.6) is 0 Å². The smallest absolute Gasteiger partial charge is 0.0917 e. The second-order valence-electron chi connectivity index (χ2n) is 5.14. The Hall–Kier alpha value is -0.610. The van der Waals surface area contributed by atoms with Crippen molar-refractivity contribution in [2.45, 2.75) is 19.4 Å². The number of likely N-dealkylation sites (tertiary alicyclic amines) is 1. The van der Waals surface area contributed by atoms with Crippen molar-refractivity contribution in [3.8, 4) is 0 Å². The summed E-state index contributed by atoms with van der Waals surface area (Å²) in [6, 6.07) is 7.46. The lowest BCUT2D eigenvalue weighted by atomic mass is 10.1. The minimum absolute atomic E-state index is 0.468. The first-order valence-electron chi connectivity index (χ1n) is 6.92. The molecule has 4 heteroatoms. The molecular formula is C15H22ClNO2. The minimum atomic E-state index is -0.468. The number of ether oxygens (including phenoxy) is 1. The Bertz CT molecular complexity index is 399. The second kappa shape index (κ2) is 7.25. The molecule has 1 fully saturated rings. The minimum Gasteiger partial charge on any atom is -0.387 e. The van der Waals surface area contributed by atoms with E-state index in [4.69, 9.17) is 16.3 Å². The van der Waals surface area contributed by atoms with E-state index in [-0.39, 0.29) is 0 Å². The molecule has 1 aliphatic rings. The highest BCUT2D eigenvalue weighted by Gasteiger charge is 2.24. The van der Waals surface area contributed by atoms with Gasteiger partial charge in [0.1, 0.15) is 0 Å². The zero-order valence-corrected chi connectivity index (χ0v) is 12.1. The molecule has 2 atom stereocenters. The van der Waals surface area contributed by atoms with Gasteiger partial charge in [-0.05, 0) is 43.5 Å². The Morgan fingerprint density at radius 2 is 2.37 bits per heavy atom. The van der Waals surface area contributed by atoms with E-state index in [0.29, 0.717) is 17.5 Å². The fourth-order valence-corrected chi connectivity index (χ4v) is 2.76. The van der Waals surface area contributed by atoms with Crippen LogP contribution in [0, 0.1) is 5.92 Å². The van der Waals surface area contributed by atoms with Crippen LogP contribution in [0.3, 0.4) is 0 Å². The zero-order chi connectivity index (χ0) is 13.7. The third kappa shape index (κ3) is 4.46. The summed E-state index contributed by atoms with van der Waals surface area (Å²) in [5.41, 5.74) is 0.890. The van der Waals surface area contributed by atoms with Gasteiger partial charge >= 0.3 is 0 Å². The van der Waals surface area contributed by atoms with Crippen LogP contribution >= 0.6 is 11.6 Å². The van der Waals surface area contributed by atoms with E-state index in [1.54, 1.807) is 0 Å². The van der Waals surface area contributed by atoms with Gasteiger partial charge in [-0.1, -0.05) is 23.7 Å². The van der Waals surface area contributed by atoms with E-state index in [2.05, 4.69) is 4.90 Å². The average Bonchev–Trinajstić information content (AvgIpc) is 2.84. The van der Waals surface area contributed by atoms with Crippen LogP contribution in [0.4, 0.5) is 0 Å². The summed E-state index contributed by atoms with van der Waals surface area (Å²) in [5.74, 6) is 0.603. The maximum atomic E-state index is 10.2. The van der Waals surface area contributed by atoms with Gasteiger partial charge in [0.2, 0.25) is 0 Å². The molecule has 1 saturated heterocycles. The van der Waals surface area contributed by atoms with Crippen molar-refractivity contribution in [2.75, 3.05) is 32.8 Å². The number of benzene rings is 1. The third-order valence-corrected chi connectivity index (χ3v) is 3.83. The topological polar surface area (TPSA) is 32.7 Å². The highest BCUT2D eigenvalue weighted by Crippen LogP contribution is 2.22. The van der Waals surface area contributed by atoms with Crippen LogP contribution in [0.25, 0.3) is 0 Å². The summed E-state index contributed by atoms with van der Waals surface area (Å²) >= 11 is 5.94. The van der Waals surface area contributed by atoms with Crippen LogP contribution in [0.2, 0.25) is 5.02 Å². The molecule has 1 N–H and O–H groups in total. The monoisotopic (exact) mass is 283 g/mol. The van der Waals surface area contributed by atoms with Gasteiger partial charge in [0, 0.05) is 24.7 Å². The molecule has 0 radical (unpaired) electrons. The first kappa shape index (κ1) is 14.8. The molecule has 19 heavy (non-hydrogen) atoms. The van der Waals surface area contributed by atoms with E-state index in [9.17, 15) is 5.11 Å². The number of aliphatic hydroxyl groups is 1. The molecule has 0 amide bonds. The predicted octanol–water partition coefficient (Wildman–Crippen LogP) is 2.73. The standard InChI is InChI=1S/C15H22ClNO2/c1-2-19-11-12-6-7-17(9-12)10-15(18)13-4-3-5-14(16)8-13/h3-5,8,12,15,18H,2,6-7,9-11H2,1H3. The van der Waals surface area contributed by atoms with E-state index < -0.39 is 6.10 Å². The molecule has 2 rings (SSSR count). The van der Waals surface area contributed by atoms with E-state index in [1.165, 1.54) is 0 Å². The number of hydrogen-bond donors (Lipinski definition) is 1. The van der Waals surface area contributed by atoms with Crippen LogP contribution in [-0.4, -0.2) is 42.9 Å². The van der Waals surface area contributed by atoms with Gasteiger partial charge in [-0.15, -0.1) is 0 Å².